The minimum Gasteiger partial charge on any atom is -0.497 e. The van der Waals surface area contributed by atoms with Crippen molar-refractivity contribution in [1.29, 1.82) is 0 Å². The van der Waals surface area contributed by atoms with Gasteiger partial charge in [-0.3, -0.25) is 0 Å². The highest BCUT2D eigenvalue weighted by Gasteiger charge is 2.22. The summed E-state index contributed by atoms with van der Waals surface area (Å²) in [5.41, 5.74) is 0.536. The van der Waals surface area contributed by atoms with Crippen molar-refractivity contribution in [3.63, 3.8) is 0 Å². The summed E-state index contributed by atoms with van der Waals surface area (Å²) >= 11 is 0. The quantitative estimate of drug-likeness (QED) is 0.708. The van der Waals surface area contributed by atoms with Crippen molar-refractivity contribution >= 4 is 20.0 Å². The average Bonchev–Trinajstić information content (AvgIpc) is 2.98. The predicted molar refractivity (Wildman–Crippen MR) is 92.1 cm³/mol. The van der Waals surface area contributed by atoms with Gasteiger partial charge >= 0.3 is 0 Å². The molecule has 1 saturated carbocycles. The van der Waals surface area contributed by atoms with Crippen LogP contribution in [-0.4, -0.2) is 42.3 Å². The molecule has 1 fully saturated rings. The van der Waals surface area contributed by atoms with Crippen molar-refractivity contribution in [1.82, 2.24) is 9.44 Å². The Labute approximate surface area is 143 Å². The van der Waals surface area contributed by atoms with Gasteiger partial charge in [-0.05, 0) is 43.5 Å². The first kappa shape index (κ1) is 19.2. The van der Waals surface area contributed by atoms with E-state index in [2.05, 4.69) is 9.44 Å². The summed E-state index contributed by atoms with van der Waals surface area (Å²) in [5, 5.41) is 0. The van der Waals surface area contributed by atoms with Crippen molar-refractivity contribution < 1.29 is 21.6 Å². The summed E-state index contributed by atoms with van der Waals surface area (Å²) < 4.78 is 58.6. The standard InChI is InChI=1S/C15H24N2O5S2/c1-12-11-14(22-2)7-8-15(12)24(20,21)16-9-10-23(18,19)17-13-5-3-4-6-13/h7-8,11,13,16-17H,3-6,9-10H2,1-2H3. The number of sulfonamides is 2. The van der Waals surface area contributed by atoms with E-state index in [0.29, 0.717) is 11.3 Å². The van der Waals surface area contributed by atoms with Gasteiger partial charge in [0.1, 0.15) is 5.75 Å². The highest BCUT2D eigenvalue weighted by molar-refractivity contribution is 7.90. The molecule has 0 spiro atoms. The Hall–Kier alpha value is -1.16. The maximum atomic E-state index is 12.3. The fourth-order valence-corrected chi connectivity index (χ4v) is 5.41. The van der Waals surface area contributed by atoms with Crippen LogP contribution < -0.4 is 14.2 Å². The SMILES string of the molecule is COc1ccc(S(=O)(=O)NCCS(=O)(=O)NC2CCCC2)c(C)c1. The summed E-state index contributed by atoms with van der Waals surface area (Å²) in [4.78, 5) is 0.115. The first-order chi connectivity index (χ1) is 11.2. The number of hydrogen-bond donors (Lipinski definition) is 2. The zero-order chi connectivity index (χ0) is 17.8. The predicted octanol–water partition coefficient (Wildman–Crippen LogP) is 1.14. The van der Waals surface area contributed by atoms with Crippen LogP contribution >= 0.6 is 0 Å². The second kappa shape index (κ2) is 7.81. The summed E-state index contributed by atoms with van der Waals surface area (Å²) in [6.07, 6.45) is 3.74. The van der Waals surface area contributed by atoms with Gasteiger partial charge in [0.2, 0.25) is 20.0 Å². The van der Waals surface area contributed by atoms with Crippen LogP contribution in [0.15, 0.2) is 23.1 Å². The molecule has 1 aliphatic carbocycles. The van der Waals surface area contributed by atoms with Crippen molar-refractivity contribution in [2.45, 2.75) is 43.5 Å². The molecular weight excluding hydrogens is 352 g/mol. The lowest BCUT2D eigenvalue weighted by Crippen LogP contribution is -2.38. The Morgan fingerprint density at radius 3 is 2.42 bits per heavy atom. The van der Waals surface area contributed by atoms with Gasteiger partial charge in [-0.2, -0.15) is 0 Å². The molecule has 0 bridgehead atoms. The van der Waals surface area contributed by atoms with Crippen molar-refractivity contribution in [2.75, 3.05) is 19.4 Å². The Morgan fingerprint density at radius 2 is 1.83 bits per heavy atom. The summed E-state index contributed by atoms with van der Waals surface area (Å²) in [6.45, 7) is 1.49. The Kier molecular flexibility index (Phi) is 6.24. The number of methoxy groups -OCH3 is 1. The van der Waals surface area contributed by atoms with Crippen LogP contribution in [-0.2, 0) is 20.0 Å². The van der Waals surface area contributed by atoms with E-state index >= 15 is 0 Å². The molecule has 2 N–H and O–H groups in total. The molecule has 0 unspecified atom stereocenters. The molecule has 136 valence electrons. The van der Waals surface area contributed by atoms with Crippen molar-refractivity contribution in [2.24, 2.45) is 0 Å². The van der Waals surface area contributed by atoms with Crippen LogP contribution in [0.4, 0.5) is 0 Å². The van der Waals surface area contributed by atoms with E-state index in [4.69, 9.17) is 4.74 Å². The van der Waals surface area contributed by atoms with Gasteiger partial charge in [-0.15, -0.1) is 0 Å². The number of nitrogens with one attached hydrogen (secondary N) is 2. The third kappa shape index (κ3) is 5.17. The molecule has 7 nitrogen and oxygen atoms in total. The minimum absolute atomic E-state index is 0.0181. The first-order valence-corrected chi connectivity index (χ1v) is 11.0. The molecule has 0 aliphatic heterocycles. The maximum Gasteiger partial charge on any atom is 0.240 e. The van der Waals surface area contributed by atoms with E-state index in [9.17, 15) is 16.8 Å². The number of ether oxygens (including phenoxy) is 1. The van der Waals surface area contributed by atoms with Crippen LogP contribution in [0.25, 0.3) is 0 Å². The number of rotatable bonds is 8. The maximum absolute atomic E-state index is 12.3. The van der Waals surface area contributed by atoms with E-state index in [0.717, 1.165) is 25.7 Å². The van der Waals surface area contributed by atoms with Crippen molar-refractivity contribution in [3.05, 3.63) is 23.8 Å². The Morgan fingerprint density at radius 1 is 1.17 bits per heavy atom. The smallest absolute Gasteiger partial charge is 0.240 e. The molecule has 0 amide bonds. The number of aryl methyl sites for hydroxylation is 1. The second-order valence-corrected chi connectivity index (χ2v) is 9.56. The van der Waals surface area contributed by atoms with Crippen LogP contribution in [0.5, 0.6) is 5.75 Å². The normalized spacial score (nSPS) is 16.4. The average molecular weight is 377 g/mol. The van der Waals surface area contributed by atoms with E-state index < -0.39 is 20.0 Å². The van der Waals surface area contributed by atoms with Gasteiger partial charge < -0.3 is 4.74 Å². The van der Waals surface area contributed by atoms with Gasteiger partial charge in [0.25, 0.3) is 0 Å². The van der Waals surface area contributed by atoms with Crippen LogP contribution in [0.1, 0.15) is 31.2 Å². The monoisotopic (exact) mass is 376 g/mol. The Bertz CT molecular complexity index is 769. The fraction of sp³-hybridized carbons (Fsp3) is 0.600. The minimum atomic E-state index is -3.76. The molecule has 2 rings (SSSR count). The number of hydrogen-bond acceptors (Lipinski definition) is 5. The molecule has 0 heterocycles. The molecule has 1 aromatic carbocycles. The molecule has 0 aromatic heterocycles. The van der Waals surface area contributed by atoms with E-state index in [1.807, 2.05) is 0 Å². The van der Waals surface area contributed by atoms with Gasteiger partial charge in [-0.1, -0.05) is 12.8 Å². The van der Waals surface area contributed by atoms with Crippen LogP contribution in [0.3, 0.4) is 0 Å². The molecule has 0 saturated heterocycles. The lowest BCUT2D eigenvalue weighted by Gasteiger charge is -2.13. The fourth-order valence-electron chi connectivity index (χ4n) is 2.80. The zero-order valence-corrected chi connectivity index (χ0v) is 15.5. The molecule has 0 radical (unpaired) electrons. The first-order valence-electron chi connectivity index (χ1n) is 7.88. The summed E-state index contributed by atoms with van der Waals surface area (Å²) in [6, 6.07) is 4.60. The third-order valence-electron chi connectivity index (χ3n) is 4.04. The molecule has 1 aromatic rings. The van der Waals surface area contributed by atoms with Gasteiger partial charge in [0.05, 0.1) is 17.8 Å². The number of benzene rings is 1. The van der Waals surface area contributed by atoms with E-state index in [-0.39, 0.29) is 23.2 Å². The highest BCUT2D eigenvalue weighted by atomic mass is 32.2. The van der Waals surface area contributed by atoms with Crippen LogP contribution in [0, 0.1) is 6.92 Å². The third-order valence-corrected chi connectivity index (χ3v) is 7.09. The largest absolute Gasteiger partial charge is 0.497 e. The Balaban J connectivity index is 1.95. The summed E-state index contributed by atoms with van der Waals surface area (Å²) in [5.74, 6) is 0.285. The lowest BCUT2D eigenvalue weighted by molar-refractivity contribution is 0.414. The molecule has 24 heavy (non-hydrogen) atoms. The van der Waals surface area contributed by atoms with Gasteiger partial charge in [-0.25, -0.2) is 26.3 Å². The highest BCUT2D eigenvalue weighted by Crippen LogP contribution is 2.21. The molecule has 9 heteroatoms. The zero-order valence-electron chi connectivity index (χ0n) is 13.9. The van der Waals surface area contributed by atoms with E-state index in [1.165, 1.54) is 13.2 Å². The molecule has 0 atom stereocenters. The second-order valence-electron chi connectivity index (χ2n) is 5.95. The van der Waals surface area contributed by atoms with Crippen LogP contribution in [0.2, 0.25) is 0 Å². The summed E-state index contributed by atoms with van der Waals surface area (Å²) in [7, 11) is -5.75. The van der Waals surface area contributed by atoms with E-state index in [1.54, 1.807) is 19.1 Å². The topological polar surface area (TPSA) is 102 Å². The lowest BCUT2D eigenvalue weighted by atomic mass is 10.2. The molecule has 1 aliphatic rings. The van der Waals surface area contributed by atoms with Gasteiger partial charge in [0.15, 0.2) is 0 Å². The molecular formula is C15H24N2O5S2. The van der Waals surface area contributed by atoms with Gasteiger partial charge in [0, 0.05) is 12.6 Å². The van der Waals surface area contributed by atoms with Crippen molar-refractivity contribution in [3.8, 4) is 5.75 Å².